The number of aryl methyl sites for hydroxylation is 3. The Morgan fingerprint density at radius 3 is 2.47 bits per heavy atom. The van der Waals surface area contributed by atoms with Crippen molar-refractivity contribution in [3.8, 4) is 5.75 Å². The van der Waals surface area contributed by atoms with Crippen molar-refractivity contribution in [2.45, 2.75) is 18.7 Å². The number of carbonyl (C=O) groups is 1. The van der Waals surface area contributed by atoms with Crippen molar-refractivity contribution in [2.75, 3.05) is 23.8 Å². The number of ether oxygens (including phenoxy) is 1. The predicted octanol–water partition coefficient (Wildman–Crippen LogP) is 3.12. The van der Waals surface area contributed by atoms with Crippen LogP contribution in [0.4, 0.5) is 11.5 Å². The first-order chi connectivity index (χ1) is 14.1. The van der Waals surface area contributed by atoms with E-state index in [0.29, 0.717) is 22.8 Å². The number of nitrogens with zero attached hydrogens (tertiary/aromatic N) is 3. The van der Waals surface area contributed by atoms with Crippen molar-refractivity contribution >= 4 is 27.4 Å². The molecule has 1 heterocycles. The van der Waals surface area contributed by atoms with Gasteiger partial charge in [-0.3, -0.25) is 13.8 Å². The number of hydrogen-bond acceptors (Lipinski definition) is 5. The maximum absolute atomic E-state index is 13.2. The van der Waals surface area contributed by atoms with Gasteiger partial charge in [-0.1, -0.05) is 18.2 Å². The van der Waals surface area contributed by atoms with Crippen LogP contribution in [-0.4, -0.2) is 38.3 Å². The maximum Gasteiger partial charge on any atom is 0.264 e. The smallest absolute Gasteiger partial charge is 0.264 e. The molecule has 0 aliphatic heterocycles. The molecule has 2 aromatic carbocycles. The third-order valence-corrected chi connectivity index (χ3v) is 6.55. The molecule has 8 nitrogen and oxygen atoms in total. The van der Waals surface area contributed by atoms with Gasteiger partial charge in [-0.15, -0.1) is 0 Å². The van der Waals surface area contributed by atoms with Gasteiger partial charge in [0.1, 0.15) is 11.6 Å². The highest BCUT2D eigenvalue weighted by Gasteiger charge is 2.25. The summed E-state index contributed by atoms with van der Waals surface area (Å²) < 4.78 is 34.4. The first-order valence-corrected chi connectivity index (χ1v) is 10.6. The van der Waals surface area contributed by atoms with Gasteiger partial charge in [0.05, 0.1) is 23.4 Å². The highest BCUT2D eigenvalue weighted by Crippen LogP contribution is 2.31. The van der Waals surface area contributed by atoms with E-state index in [4.69, 9.17) is 4.74 Å². The summed E-state index contributed by atoms with van der Waals surface area (Å²) in [6.07, 6.45) is 0. The molecule has 158 valence electrons. The highest BCUT2D eigenvalue weighted by molar-refractivity contribution is 7.92. The molecule has 30 heavy (non-hydrogen) atoms. The van der Waals surface area contributed by atoms with E-state index in [2.05, 4.69) is 10.4 Å². The van der Waals surface area contributed by atoms with Crippen LogP contribution in [0.25, 0.3) is 0 Å². The lowest BCUT2D eigenvalue weighted by molar-refractivity contribution is 0.102. The summed E-state index contributed by atoms with van der Waals surface area (Å²) >= 11 is 0. The van der Waals surface area contributed by atoms with E-state index in [-0.39, 0.29) is 10.5 Å². The average Bonchev–Trinajstić information content (AvgIpc) is 3.03. The molecule has 0 aliphatic rings. The minimum Gasteiger partial charge on any atom is -0.495 e. The lowest BCUT2D eigenvalue weighted by atomic mass is 10.1. The van der Waals surface area contributed by atoms with E-state index in [1.165, 1.54) is 26.3 Å². The van der Waals surface area contributed by atoms with Crippen LogP contribution >= 0.6 is 0 Å². The van der Waals surface area contributed by atoms with Crippen LogP contribution in [0, 0.1) is 13.8 Å². The summed E-state index contributed by atoms with van der Waals surface area (Å²) in [5.74, 6) is 0.545. The Bertz CT molecular complexity index is 1200. The zero-order valence-electron chi connectivity index (χ0n) is 17.5. The minimum atomic E-state index is -3.92. The van der Waals surface area contributed by atoms with Gasteiger partial charge < -0.3 is 10.1 Å². The SMILES string of the molecule is COc1ccccc1N(C)S(=O)(=O)c1ccc(C)c(C(=O)Nc2cc(C)nn2C)c1. The molecule has 0 atom stereocenters. The molecule has 1 amide bonds. The quantitative estimate of drug-likeness (QED) is 0.651. The summed E-state index contributed by atoms with van der Waals surface area (Å²) in [4.78, 5) is 12.8. The minimum absolute atomic E-state index is 0.00726. The standard InChI is InChI=1S/C21H24N4O4S/c1-14-10-11-16(13-17(14)21(26)22-20-12-15(2)23-24(20)3)30(27,28)25(4)18-8-6-7-9-19(18)29-5/h6-13H,1-5H3,(H,22,26). The molecule has 0 bridgehead atoms. The molecule has 3 rings (SSSR count). The largest absolute Gasteiger partial charge is 0.495 e. The molecule has 0 saturated carbocycles. The Morgan fingerprint density at radius 2 is 1.83 bits per heavy atom. The van der Waals surface area contributed by atoms with Crippen molar-refractivity contribution in [1.29, 1.82) is 0 Å². The second-order valence-electron chi connectivity index (χ2n) is 6.87. The highest BCUT2D eigenvalue weighted by atomic mass is 32.2. The lowest BCUT2D eigenvalue weighted by Crippen LogP contribution is -2.27. The predicted molar refractivity (Wildman–Crippen MR) is 116 cm³/mol. The Labute approximate surface area is 176 Å². The number of nitrogens with one attached hydrogen (secondary N) is 1. The van der Waals surface area contributed by atoms with Crippen LogP contribution in [0.3, 0.4) is 0 Å². The van der Waals surface area contributed by atoms with E-state index in [1.807, 2.05) is 6.92 Å². The number of methoxy groups -OCH3 is 1. The third-order valence-electron chi connectivity index (χ3n) is 4.78. The molecule has 9 heteroatoms. The van der Waals surface area contributed by atoms with Gasteiger partial charge in [-0.05, 0) is 43.7 Å². The first kappa shape index (κ1) is 21.4. The number of para-hydroxylation sites is 2. The molecular formula is C21H24N4O4S. The average molecular weight is 429 g/mol. The van der Waals surface area contributed by atoms with Crippen LogP contribution in [0.1, 0.15) is 21.6 Å². The molecular weight excluding hydrogens is 404 g/mol. The van der Waals surface area contributed by atoms with Gasteiger partial charge in [-0.2, -0.15) is 5.10 Å². The molecule has 1 aromatic heterocycles. The zero-order chi connectivity index (χ0) is 22.1. The monoisotopic (exact) mass is 428 g/mol. The molecule has 0 spiro atoms. The van der Waals surface area contributed by atoms with Crippen LogP contribution < -0.4 is 14.4 Å². The molecule has 0 saturated heterocycles. The van der Waals surface area contributed by atoms with E-state index in [0.717, 1.165) is 10.00 Å². The number of rotatable bonds is 6. The molecule has 0 aliphatic carbocycles. The van der Waals surface area contributed by atoms with Crippen molar-refractivity contribution < 1.29 is 17.9 Å². The second-order valence-corrected chi connectivity index (χ2v) is 8.84. The van der Waals surface area contributed by atoms with Crippen molar-refractivity contribution in [2.24, 2.45) is 7.05 Å². The summed E-state index contributed by atoms with van der Waals surface area (Å²) in [5, 5.41) is 6.98. The zero-order valence-corrected chi connectivity index (χ0v) is 18.3. The van der Waals surface area contributed by atoms with Gasteiger partial charge >= 0.3 is 0 Å². The number of aromatic nitrogens is 2. The van der Waals surface area contributed by atoms with Gasteiger partial charge in [0.2, 0.25) is 0 Å². The van der Waals surface area contributed by atoms with Crippen LogP contribution in [-0.2, 0) is 17.1 Å². The molecule has 1 N–H and O–H groups in total. The topological polar surface area (TPSA) is 93.5 Å². The fourth-order valence-electron chi connectivity index (χ4n) is 3.09. The fourth-order valence-corrected chi connectivity index (χ4v) is 4.33. The van der Waals surface area contributed by atoms with Crippen LogP contribution in [0.2, 0.25) is 0 Å². The third kappa shape index (κ3) is 4.02. The molecule has 0 unspecified atom stereocenters. The van der Waals surface area contributed by atoms with Crippen LogP contribution in [0.5, 0.6) is 5.75 Å². The van der Waals surface area contributed by atoms with E-state index < -0.39 is 15.9 Å². The Balaban J connectivity index is 1.97. The lowest BCUT2D eigenvalue weighted by Gasteiger charge is -2.22. The number of amides is 1. The van der Waals surface area contributed by atoms with Crippen LogP contribution in [0.15, 0.2) is 53.4 Å². The fraction of sp³-hybridized carbons (Fsp3) is 0.238. The summed E-state index contributed by atoms with van der Waals surface area (Å²) in [6.45, 7) is 3.57. The van der Waals surface area contributed by atoms with Gasteiger partial charge in [0.15, 0.2) is 0 Å². The first-order valence-electron chi connectivity index (χ1n) is 9.19. The number of sulfonamides is 1. The van der Waals surface area contributed by atoms with E-state index >= 15 is 0 Å². The Hall–Kier alpha value is -3.33. The molecule has 0 fully saturated rings. The second kappa shape index (κ2) is 8.19. The molecule has 0 radical (unpaired) electrons. The number of carbonyl (C=O) groups excluding carboxylic acids is 1. The van der Waals surface area contributed by atoms with Gasteiger partial charge in [-0.25, -0.2) is 8.42 Å². The van der Waals surface area contributed by atoms with Crippen molar-refractivity contribution in [3.05, 3.63) is 65.4 Å². The molecule has 3 aromatic rings. The Morgan fingerprint density at radius 1 is 1.13 bits per heavy atom. The van der Waals surface area contributed by atoms with E-state index in [9.17, 15) is 13.2 Å². The van der Waals surface area contributed by atoms with E-state index in [1.54, 1.807) is 55.1 Å². The summed E-state index contributed by atoms with van der Waals surface area (Å²) in [7, 11) is 0.732. The number of anilines is 2. The normalized spacial score (nSPS) is 11.2. The van der Waals surface area contributed by atoms with Gasteiger partial charge in [0.25, 0.3) is 15.9 Å². The number of benzene rings is 2. The maximum atomic E-state index is 13.2. The summed E-state index contributed by atoms with van der Waals surface area (Å²) in [6, 6.07) is 13.1. The number of hydrogen-bond donors (Lipinski definition) is 1. The van der Waals surface area contributed by atoms with Crippen molar-refractivity contribution in [3.63, 3.8) is 0 Å². The van der Waals surface area contributed by atoms with Crippen molar-refractivity contribution in [1.82, 2.24) is 9.78 Å². The summed E-state index contributed by atoms with van der Waals surface area (Å²) in [5.41, 5.74) is 2.09. The van der Waals surface area contributed by atoms with Gasteiger partial charge in [0, 0.05) is 25.7 Å². The Kier molecular flexibility index (Phi) is 5.84.